The van der Waals surface area contributed by atoms with Crippen molar-refractivity contribution in [3.63, 3.8) is 0 Å². The summed E-state index contributed by atoms with van der Waals surface area (Å²) in [5.74, 6) is 0.448. The highest BCUT2D eigenvalue weighted by Gasteiger charge is 2.30. The molecule has 0 radical (unpaired) electrons. The van der Waals surface area contributed by atoms with Gasteiger partial charge in [0.2, 0.25) is 5.88 Å². The van der Waals surface area contributed by atoms with Crippen LogP contribution in [0, 0.1) is 0 Å². The summed E-state index contributed by atoms with van der Waals surface area (Å²) in [5.41, 5.74) is -0.843. The average Bonchev–Trinajstić information content (AvgIpc) is 2.93. The van der Waals surface area contributed by atoms with Gasteiger partial charge in [-0.05, 0) is 43.7 Å². The van der Waals surface area contributed by atoms with E-state index in [0.29, 0.717) is 18.1 Å². The quantitative estimate of drug-likeness (QED) is 0.111. The molecule has 0 N–H and O–H groups in total. The summed E-state index contributed by atoms with van der Waals surface area (Å²) in [4.78, 5) is 15.9. The van der Waals surface area contributed by atoms with Gasteiger partial charge in [-0.25, -0.2) is 9.78 Å². The highest BCUT2D eigenvalue weighted by Crippen LogP contribution is 2.30. The van der Waals surface area contributed by atoms with Crippen LogP contribution in [0.1, 0.15) is 116 Å². The molecular formula is C32H46F3NO4. The molecule has 224 valence electrons. The first-order valence-electron chi connectivity index (χ1n) is 14.9. The van der Waals surface area contributed by atoms with E-state index in [1.54, 1.807) is 31.2 Å². The molecule has 1 aromatic heterocycles. The molecule has 1 heterocycles. The molecule has 0 fully saturated rings. The zero-order valence-electron chi connectivity index (χ0n) is 24.1. The van der Waals surface area contributed by atoms with Crippen LogP contribution in [0.4, 0.5) is 13.2 Å². The van der Waals surface area contributed by atoms with E-state index in [9.17, 15) is 18.0 Å². The third kappa shape index (κ3) is 14.6. The van der Waals surface area contributed by atoms with Gasteiger partial charge in [-0.15, -0.1) is 0 Å². The molecule has 8 heteroatoms. The van der Waals surface area contributed by atoms with Gasteiger partial charge in [0.15, 0.2) is 6.10 Å². The lowest BCUT2D eigenvalue weighted by Crippen LogP contribution is -2.26. The third-order valence-electron chi connectivity index (χ3n) is 6.75. The number of alkyl halides is 3. The van der Waals surface area contributed by atoms with Crippen LogP contribution in [0.5, 0.6) is 17.4 Å². The second-order valence-electron chi connectivity index (χ2n) is 10.3. The predicted molar refractivity (Wildman–Crippen MR) is 152 cm³/mol. The number of pyridine rings is 1. The molecule has 2 rings (SSSR count). The number of hydrogen-bond acceptors (Lipinski definition) is 5. The van der Waals surface area contributed by atoms with Crippen LogP contribution < -0.4 is 9.47 Å². The number of unbranched alkanes of at least 4 members (excludes halogenated alkanes) is 14. The number of nitrogens with zero attached hydrogens (tertiary/aromatic N) is 1. The van der Waals surface area contributed by atoms with E-state index in [4.69, 9.17) is 14.2 Å². The maximum Gasteiger partial charge on any atom is 0.417 e. The number of halogens is 3. The van der Waals surface area contributed by atoms with Crippen molar-refractivity contribution in [2.24, 2.45) is 0 Å². The number of ether oxygens (including phenoxy) is 3. The predicted octanol–water partition coefficient (Wildman–Crippen LogP) is 10.1. The number of rotatable bonds is 21. The maximum atomic E-state index is 12.6. The number of carbonyl (C=O) groups is 1. The Balaban J connectivity index is 1.49. The number of hydrogen-bond donors (Lipinski definition) is 0. The van der Waals surface area contributed by atoms with Crippen LogP contribution >= 0.6 is 0 Å². The minimum atomic E-state index is -4.45. The van der Waals surface area contributed by atoms with Gasteiger partial charge in [-0.2, -0.15) is 13.2 Å². The third-order valence-corrected chi connectivity index (χ3v) is 6.75. The van der Waals surface area contributed by atoms with Gasteiger partial charge < -0.3 is 14.2 Å². The highest BCUT2D eigenvalue weighted by atomic mass is 19.4. The van der Waals surface area contributed by atoms with Crippen LogP contribution in [0.3, 0.4) is 0 Å². The number of carbonyl (C=O) groups excluding carboxylic acids is 1. The van der Waals surface area contributed by atoms with Gasteiger partial charge >= 0.3 is 12.1 Å². The summed E-state index contributed by atoms with van der Waals surface area (Å²) < 4.78 is 54.4. The number of esters is 1. The maximum absolute atomic E-state index is 12.6. The van der Waals surface area contributed by atoms with Gasteiger partial charge in [0.1, 0.15) is 11.5 Å². The summed E-state index contributed by atoms with van der Waals surface area (Å²) in [5, 5.41) is 0. The monoisotopic (exact) mass is 565 g/mol. The van der Waals surface area contributed by atoms with E-state index in [-0.39, 0.29) is 5.88 Å². The molecule has 0 aliphatic heterocycles. The second kappa shape index (κ2) is 19.3. The van der Waals surface area contributed by atoms with E-state index < -0.39 is 23.8 Å². The molecule has 0 saturated carbocycles. The topological polar surface area (TPSA) is 57.7 Å². The van der Waals surface area contributed by atoms with Gasteiger partial charge in [-0.1, -0.05) is 96.8 Å². The average molecular weight is 566 g/mol. The SMILES string of the molecule is CCCCCCCCCCCCCCCCCOC(=O)C(C)Oc1ccc(Oc2ccc(C(F)(F)F)cn2)cc1. The lowest BCUT2D eigenvalue weighted by molar-refractivity contribution is -0.151. The lowest BCUT2D eigenvalue weighted by Gasteiger charge is -2.14. The van der Waals surface area contributed by atoms with Crippen LogP contribution in [0.25, 0.3) is 0 Å². The first-order chi connectivity index (χ1) is 19.3. The summed E-state index contributed by atoms with van der Waals surface area (Å²) >= 11 is 0. The molecular weight excluding hydrogens is 519 g/mol. The summed E-state index contributed by atoms with van der Waals surface area (Å²) in [6.07, 6.45) is 14.8. The second-order valence-corrected chi connectivity index (χ2v) is 10.3. The Labute approximate surface area is 237 Å². The van der Waals surface area contributed by atoms with Crippen molar-refractivity contribution in [1.29, 1.82) is 0 Å². The van der Waals surface area contributed by atoms with E-state index in [0.717, 1.165) is 37.6 Å². The van der Waals surface area contributed by atoms with Crippen LogP contribution in [-0.4, -0.2) is 23.7 Å². The minimum Gasteiger partial charge on any atom is -0.479 e. The van der Waals surface area contributed by atoms with Gasteiger partial charge in [0, 0.05) is 12.3 Å². The molecule has 0 spiro atoms. The Morgan fingerprint density at radius 3 is 1.73 bits per heavy atom. The lowest BCUT2D eigenvalue weighted by atomic mass is 10.0. The molecule has 40 heavy (non-hydrogen) atoms. The zero-order chi connectivity index (χ0) is 29.1. The van der Waals surface area contributed by atoms with Crippen molar-refractivity contribution in [3.05, 3.63) is 48.2 Å². The molecule has 0 saturated heterocycles. The van der Waals surface area contributed by atoms with Crippen molar-refractivity contribution in [1.82, 2.24) is 4.98 Å². The van der Waals surface area contributed by atoms with Crippen LogP contribution in [-0.2, 0) is 15.7 Å². The zero-order valence-corrected chi connectivity index (χ0v) is 24.1. The standard InChI is InChI=1S/C32H46F3NO4/c1-3-4-5-6-7-8-9-10-11-12-13-14-15-16-17-24-38-31(37)26(2)39-28-19-21-29(22-20-28)40-30-23-18-27(25-36-30)32(33,34)35/h18-23,25-26H,3-17,24H2,1-2H3. The van der Waals surface area contributed by atoms with Crippen LogP contribution in [0.15, 0.2) is 42.6 Å². The molecule has 5 nitrogen and oxygen atoms in total. The van der Waals surface area contributed by atoms with E-state index >= 15 is 0 Å². The first-order valence-corrected chi connectivity index (χ1v) is 14.9. The van der Waals surface area contributed by atoms with Crippen molar-refractivity contribution in [3.8, 4) is 17.4 Å². The fourth-order valence-corrected chi connectivity index (χ4v) is 4.33. The van der Waals surface area contributed by atoms with Gasteiger partial charge in [-0.3, -0.25) is 0 Å². The molecule has 1 atom stereocenters. The van der Waals surface area contributed by atoms with Crippen molar-refractivity contribution < 1.29 is 32.2 Å². The van der Waals surface area contributed by atoms with Gasteiger partial charge in [0.25, 0.3) is 0 Å². The number of benzene rings is 1. The van der Waals surface area contributed by atoms with Crippen molar-refractivity contribution in [2.75, 3.05) is 6.61 Å². The summed E-state index contributed by atoms with van der Waals surface area (Å²) in [6, 6.07) is 8.46. The first kappa shape index (κ1) is 33.4. The van der Waals surface area contributed by atoms with Crippen LogP contribution in [0.2, 0.25) is 0 Å². The molecule has 0 aliphatic rings. The highest BCUT2D eigenvalue weighted by molar-refractivity contribution is 5.74. The molecule has 0 amide bonds. The van der Waals surface area contributed by atoms with E-state index in [2.05, 4.69) is 11.9 Å². The van der Waals surface area contributed by atoms with Crippen molar-refractivity contribution >= 4 is 5.97 Å². The van der Waals surface area contributed by atoms with Gasteiger partial charge in [0.05, 0.1) is 12.2 Å². The Bertz CT molecular complexity index is 933. The summed E-state index contributed by atoms with van der Waals surface area (Å²) in [7, 11) is 0. The normalized spacial score (nSPS) is 12.2. The Morgan fingerprint density at radius 1 is 0.750 bits per heavy atom. The molecule has 1 unspecified atom stereocenters. The van der Waals surface area contributed by atoms with Crippen molar-refractivity contribution in [2.45, 2.75) is 122 Å². The fourth-order valence-electron chi connectivity index (χ4n) is 4.33. The Morgan fingerprint density at radius 2 is 1.25 bits per heavy atom. The molecule has 0 bridgehead atoms. The molecule has 0 aliphatic carbocycles. The molecule has 1 aromatic carbocycles. The Kier molecular flexibility index (Phi) is 16.2. The van der Waals surface area contributed by atoms with E-state index in [1.165, 1.54) is 77.0 Å². The Hall–Kier alpha value is -2.77. The number of aromatic nitrogens is 1. The largest absolute Gasteiger partial charge is 0.479 e. The fraction of sp³-hybridized carbons (Fsp3) is 0.625. The minimum absolute atomic E-state index is 0.0393. The smallest absolute Gasteiger partial charge is 0.417 e. The van der Waals surface area contributed by atoms with E-state index in [1.807, 2.05) is 0 Å². The molecule has 2 aromatic rings. The summed E-state index contributed by atoms with van der Waals surface area (Å²) in [6.45, 7) is 4.27.